The van der Waals surface area contributed by atoms with Gasteiger partial charge >= 0.3 is 0 Å². The molecule has 0 aliphatic rings. The van der Waals surface area contributed by atoms with Gasteiger partial charge in [-0.1, -0.05) is 133 Å². The van der Waals surface area contributed by atoms with Gasteiger partial charge in [0.1, 0.15) is 0 Å². The van der Waals surface area contributed by atoms with Crippen molar-refractivity contribution in [3.8, 4) is 44.5 Å². The Bertz CT molecular complexity index is 3860. The predicted molar refractivity (Wildman–Crippen MR) is 255 cm³/mol. The topological polar surface area (TPSA) is 48.5 Å². The molecule has 6 heteroatoms. The molecule has 0 saturated heterocycles. The Morgan fingerprint density at radius 3 is 1.97 bits per heavy atom. The first-order valence-corrected chi connectivity index (χ1v) is 21.3. The highest BCUT2D eigenvalue weighted by Gasteiger charge is 2.23. The van der Waals surface area contributed by atoms with E-state index < -0.39 is 0 Å². The minimum absolute atomic E-state index is 0.647. The Kier molecular flexibility index (Phi) is 7.41. The van der Waals surface area contributed by atoms with E-state index in [1.165, 1.54) is 43.5 Å². The number of pyridine rings is 1. The second kappa shape index (κ2) is 13.3. The van der Waals surface area contributed by atoms with Gasteiger partial charge in [0.2, 0.25) is 5.95 Å². The van der Waals surface area contributed by atoms with Gasteiger partial charge in [-0.15, -0.1) is 11.3 Å². The highest BCUT2D eigenvalue weighted by atomic mass is 32.1. The summed E-state index contributed by atoms with van der Waals surface area (Å²) in [6.07, 6.45) is 3.69. The molecule has 5 heterocycles. The van der Waals surface area contributed by atoms with Gasteiger partial charge in [0.15, 0.2) is 0 Å². The van der Waals surface area contributed by atoms with Gasteiger partial charge in [-0.25, -0.2) is 9.97 Å². The Morgan fingerprint density at radius 2 is 1.13 bits per heavy atom. The minimum atomic E-state index is 0.647. The summed E-state index contributed by atoms with van der Waals surface area (Å²) >= 11 is 1.73. The van der Waals surface area contributed by atoms with E-state index in [4.69, 9.17) is 9.97 Å². The van der Waals surface area contributed by atoms with Gasteiger partial charge in [-0.2, -0.15) is 0 Å². The van der Waals surface area contributed by atoms with Crippen LogP contribution in [0.2, 0.25) is 0 Å². The molecule has 0 aliphatic carbocycles. The molecule has 61 heavy (non-hydrogen) atoms. The van der Waals surface area contributed by atoms with Crippen LogP contribution in [0.3, 0.4) is 0 Å². The average Bonchev–Trinajstić information content (AvgIpc) is 4.02. The molecule has 0 atom stereocenters. The zero-order valence-electron chi connectivity index (χ0n) is 32.7. The lowest BCUT2D eigenvalue weighted by atomic mass is 9.95. The van der Waals surface area contributed by atoms with Gasteiger partial charge in [0, 0.05) is 55.5 Å². The molecule has 0 N–H and O–H groups in total. The van der Waals surface area contributed by atoms with Crippen LogP contribution in [-0.2, 0) is 0 Å². The summed E-state index contributed by atoms with van der Waals surface area (Å²) in [4.78, 5) is 16.3. The number of benzene rings is 8. The summed E-state index contributed by atoms with van der Waals surface area (Å²) in [6, 6.07) is 67.7. The van der Waals surface area contributed by atoms with E-state index in [1.807, 2.05) is 12.4 Å². The molecule has 5 nitrogen and oxygen atoms in total. The molecule has 13 rings (SSSR count). The number of thiophene rings is 1. The molecule has 0 fully saturated rings. The van der Waals surface area contributed by atoms with Crippen molar-refractivity contribution in [2.75, 3.05) is 0 Å². The smallest absolute Gasteiger partial charge is 0.235 e. The highest BCUT2D eigenvalue weighted by Crippen LogP contribution is 2.45. The third-order valence-electron chi connectivity index (χ3n) is 12.2. The fraction of sp³-hybridized carbons (Fsp3) is 0. The molecule has 0 spiro atoms. The molecule has 0 aliphatic heterocycles. The van der Waals surface area contributed by atoms with Crippen molar-refractivity contribution in [1.29, 1.82) is 0 Å². The third-order valence-corrected chi connectivity index (χ3v) is 13.4. The maximum atomic E-state index is 5.49. The van der Waals surface area contributed by atoms with Crippen molar-refractivity contribution in [1.82, 2.24) is 24.1 Å². The lowest BCUT2D eigenvalue weighted by Gasteiger charge is -2.11. The standard InChI is InChI=1S/C55H33N5S/c1-3-14-37(15-4-1)52-54-45(33-49(61-54)36-28-30-56-31-29-36)57-55(58-52)60-46-26-24-38(32-44(46)43-25-22-35-13-8-10-19-42(35)53(43)60)41-20-11-21-47-51(41)50-40-18-9-7-12-34(40)23-27-48(50)59(47)39-16-5-2-6-17-39/h1-33H. The summed E-state index contributed by atoms with van der Waals surface area (Å²) in [5.74, 6) is 0.647. The number of hydrogen-bond acceptors (Lipinski definition) is 4. The summed E-state index contributed by atoms with van der Waals surface area (Å²) in [5, 5.41) is 9.63. The first kappa shape index (κ1) is 34.0. The molecule has 8 aromatic carbocycles. The molecule has 0 unspecified atom stereocenters. The second-order valence-corrected chi connectivity index (χ2v) is 16.7. The van der Waals surface area contributed by atoms with E-state index in [1.54, 1.807) is 11.3 Å². The van der Waals surface area contributed by atoms with Crippen molar-refractivity contribution in [2.24, 2.45) is 0 Å². The van der Waals surface area contributed by atoms with Gasteiger partial charge in [0.05, 0.1) is 38.0 Å². The Balaban J connectivity index is 1.11. The maximum Gasteiger partial charge on any atom is 0.235 e. The number of aromatic nitrogens is 5. The molecule has 0 saturated carbocycles. The van der Waals surface area contributed by atoms with Crippen LogP contribution in [-0.4, -0.2) is 24.1 Å². The number of nitrogens with zero attached hydrogens (tertiary/aromatic N) is 5. The van der Waals surface area contributed by atoms with E-state index >= 15 is 0 Å². The van der Waals surface area contributed by atoms with Crippen molar-refractivity contribution in [3.05, 3.63) is 200 Å². The molecule has 284 valence electrons. The van der Waals surface area contributed by atoms with Crippen LogP contribution in [0.5, 0.6) is 0 Å². The Labute approximate surface area is 354 Å². The van der Waals surface area contributed by atoms with E-state index in [2.05, 4.69) is 202 Å². The lowest BCUT2D eigenvalue weighted by Crippen LogP contribution is -2.03. The van der Waals surface area contributed by atoms with E-state index in [9.17, 15) is 0 Å². The normalized spacial score (nSPS) is 11.9. The number of rotatable bonds is 5. The Morgan fingerprint density at radius 1 is 0.426 bits per heavy atom. The van der Waals surface area contributed by atoms with Crippen LogP contribution >= 0.6 is 11.3 Å². The zero-order valence-corrected chi connectivity index (χ0v) is 33.5. The number of fused-ring (bicyclic) bond motifs is 11. The molecular weight excluding hydrogens is 763 g/mol. The number of hydrogen-bond donors (Lipinski definition) is 0. The highest BCUT2D eigenvalue weighted by molar-refractivity contribution is 7.22. The fourth-order valence-electron chi connectivity index (χ4n) is 9.55. The quantitative estimate of drug-likeness (QED) is 0.174. The molecule has 0 radical (unpaired) electrons. The molecular formula is C55H33N5S. The van der Waals surface area contributed by atoms with Gasteiger partial charge in [-0.05, 0) is 87.4 Å². The zero-order chi connectivity index (χ0) is 40.0. The molecule has 5 aromatic heterocycles. The van der Waals surface area contributed by atoms with Crippen LogP contribution < -0.4 is 0 Å². The van der Waals surface area contributed by atoms with E-state index in [0.717, 1.165) is 70.4 Å². The third kappa shape index (κ3) is 5.16. The first-order valence-electron chi connectivity index (χ1n) is 20.5. The summed E-state index contributed by atoms with van der Waals surface area (Å²) in [6.45, 7) is 0. The Hall–Kier alpha value is -7.93. The minimum Gasteiger partial charge on any atom is -0.309 e. The summed E-state index contributed by atoms with van der Waals surface area (Å²) < 4.78 is 5.77. The van der Waals surface area contributed by atoms with Gasteiger partial charge in [0.25, 0.3) is 0 Å². The maximum absolute atomic E-state index is 5.49. The second-order valence-electron chi connectivity index (χ2n) is 15.6. The lowest BCUT2D eigenvalue weighted by molar-refractivity contribution is 1.02. The largest absolute Gasteiger partial charge is 0.309 e. The van der Waals surface area contributed by atoms with Crippen LogP contribution in [0, 0.1) is 0 Å². The van der Waals surface area contributed by atoms with E-state index in [0.29, 0.717) is 5.95 Å². The molecule has 13 aromatic rings. The van der Waals surface area contributed by atoms with Crippen LogP contribution in [0.1, 0.15) is 0 Å². The molecule has 0 amide bonds. The van der Waals surface area contributed by atoms with Crippen LogP contribution in [0.15, 0.2) is 200 Å². The van der Waals surface area contributed by atoms with Crippen LogP contribution in [0.4, 0.5) is 0 Å². The van der Waals surface area contributed by atoms with Gasteiger partial charge in [-0.3, -0.25) is 9.55 Å². The fourth-order valence-corrected chi connectivity index (χ4v) is 10.7. The van der Waals surface area contributed by atoms with Crippen molar-refractivity contribution >= 4 is 86.7 Å². The van der Waals surface area contributed by atoms with E-state index in [-0.39, 0.29) is 0 Å². The average molecular weight is 796 g/mol. The number of para-hydroxylation sites is 1. The summed E-state index contributed by atoms with van der Waals surface area (Å²) in [5.41, 5.74) is 12.0. The predicted octanol–water partition coefficient (Wildman–Crippen LogP) is 14.6. The van der Waals surface area contributed by atoms with Crippen molar-refractivity contribution in [3.63, 3.8) is 0 Å². The molecule has 0 bridgehead atoms. The van der Waals surface area contributed by atoms with Crippen LogP contribution in [0.25, 0.3) is 120 Å². The monoisotopic (exact) mass is 795 g/mol. The van der Waals surface area contributed by atoms with Crippen molar-refractivity contribution in [2.45, 2.75) is 0 Å². The SMILES string of the molecule is c1ccc(-c2nc(-n3c4ccc(-c5cccc6c5c5c7ccccc7ccc5n6-c5ccccc5)cc4c4ccc5ccccc5c43)nc3cc(-c4ccncc4)sc23)cc1. The van der Waals surface area contributed by atoms with Crippen molar-refractivity contribution < 1.29 is 0 Å². The summed E-state index contributed by atoms with van der Waals surface area (Å²) in [7, 11) is 0. The van der Waals surface area contributed by atoms with Gasteiger partial charge < -0.3 is 4.57 Å². The first-order chi connectivity index (χ1) is 30.3.